The number of anilines is 1. The molecule has 1 aliphatic heterocycles. The topological polar surface area (TPSA) is 79.5 Å². The molecule has 1 amide bonds. The van der Waals surface area contributed by atoms with E-state index in [2.05, 4.69) is 22.9 Å². The Hall–Kier alpha value is -2.14. The first-order chi connectivity index (χ1) is 10.5. The minimum absolute atomic E-state index is 0.236. The molecule has 0 aliphatic carbocycles. The van der Waals surface area contributed by atoms with Crippen LogP contribution in [-0.4, -0.2) is 34.7 Å². The van der Waals surface area contributed by atoms with Crippen LogP contribution >= 0.6 is 0 Å². The third kappa shape index (κ3) is 2.52. The van der Waals surface area contributed by atoms with Gasteiger partial charge < -0.3 is 15.7 Å². The van der Waals surface area contributed by atoms with Crippen LogP contribution in [0.15, 0.2) is 30.3 Å². The number of piperidine rings is 1. The van der Waals surface area contributed by atoms with E-state index in [-0.39, 0.29) is 6.54 Å². The number of aromatic nitrogens is 1. The molecule has 1 aromatic heterocycles. The number of fused-ring (bicyclic) bond motifs is 1. The summed E-state index contributed by atoms with van der Waals surface area (Å²) in [5.41, 5.74) is 6.89. The molecule has 0 spiro atoms. The van der Waals surface area contributed by atoms with Crippen LogP contribution in [-0.2, 0) is 11.2 Å². The number of hydrogen-bond acceptors (Lipinski definition) is 4. The normalized spacial score (nSPS) is 22.0. The largest absolute Gasteiger partial charge is 0.378 e. The summed E-state index contributed by atoms with van der Waals surface area (Å²) in [6, 6.07) is 10.0. The van der Waals surface area contributed by atoms with E-state index in [1.807, 2.05) is 24.3 Å². The first-order valence-electron chi connectivity index (χ1n) is 7.69. The Morgan fingerprint density at radius 2 is 2.23 bits per heavy atom. The number of nitrogens with zero attached hydrogens (tertiary/aromatic N) is 2. The van der Waals surface area contributed by atoms with Crippen LogP contribution in [0, 0.1) is 0 Å². The van der Waals surface area contributed by atoms with Crippen molar-refractivity contribution in [1.29, 1.82) is 0 Å². The number of pyridine rings is 1. The predicted octanol–water partition coefficient (Wildman–Crippen LogP) is 1.61. The van der Waals surface area contributed by atoms with Crippen LogP contribution < -0.4 is 10.6 Å². The highest BCUT2D eigenvalue weighted by Gasteiger charge is 2.39. The van der Waals surface area contributed by atoms with Gasteiger partial charge in [-0.2, -0.15) is 0 Å². The van der Waals surface area contributed by atoms with Crippen molar-refractivity contribution in [3.63, 3.8) is 0 Å². The van der Waals surface area contributed by atoms with Gasteiger partial charge in [-0.25, -0.2) is 0 Å². The zero-order chi connectivity index (χ0) is 15.7. The van der Waals surface area contributed by atoms with E-state index in [9.17, 15) is 9.90 Å². The number of primary amides is 1. The monoisotopic (exact) mass is 299 g/mol. The number of carbonyl (C=O) groups excluding carboxylic acids is 1. The summed E-state index contributed by atoms with van der Waals surface area (Å²) in [7, 11) is 0. The molecule has 5 heteroatoms. The molecule has 1 aliphatic rings. The summed E-state index contributed by atoms with van der Waals surface area (Å²) in [5, 5.41) is 11.5. The lowest BCUT2D eigenvalue weighted by Crippen LogP contribution is -2.56. The Morgan fingerprint density at radius 1 is 1.45 bits per heavy atom. The highest BCUT2D eigenvalue weighted by atomic mass is 16.3. The molecule has 0 saturated carbocycles. The van der Waals surface area contributed by atoms with Crippen LogP contribution in [0.2, 0.25) is 0 Å². The lowest BCUT2D eigenvalue weighted by atomic mass is 9.91. The van der Waals surface area contributed by atoms with E-state index < -0.39 is 11.5 Å². The average Bonchev–Trinajstić information content (AvgIpc) is 2.53. The number of aryl methyl sites for hydroxylation is 1. The Balaban J connectivity index is 2.07. The summed E-state index contributed by atoms with van der Waals surface area (Å²) in [4.78, 5) is 18.3. The van der Waals surface area contributed by atoms with Crippen LogP contribution in [0.25, 0.3) is 10.9 Å². The van der Waals surface area contributed by atoms with Gasteiger partial charge in [-0.3, -0.25) is 9.78 Å². The maximum atomic E-state index is 11.6. The number of benzene rings is 1. The SMILES string of the molecule is CCc1cc(N2CCCC(O)(C(N)=O)C2)c2ccccc2n1. The maximum absolute atomic E-state index is 11.6. The Morgan fingerprint density at radius 3 is 2.95 bits per heavy atom. The number of para-hydroxylation sites is 1. The standard InChI is InChI=1S/C17H21N3O2/c1-2-12-10-15(13-6-3-4-7-14(13)19-12)20-9-5-8-17(22,11-20)16(18)21/h3-4,6-7,10,22H,2,5,8-9,11H2,1H3,(H2,18,21). The van der Waals surface area contributed by atoms with Gasteiger partial charge in [0.15, 0.2) is 5.60 Å². The van der Waals surface area contributed by atoms with E-state index in [1.54, 1.807) is 0 Å². The number of β-amino-alcohol motifs (C(OH)–C–C–N with tert-alkyl or cyclic N) is 1. The highest BCUT2D eigenvalue weighted by molar-refractivity contribution is 5.93. The van der Waals surface area contributed by atoms with Crippen molar-refractivity contribution < 1.29 is 9.90 Å². The Kier molecular flexibility index (Phi) is 3.74. The van der Waals surface area contributed by atoms with E-state index in [1.165, 1.54) is 0 Å². The third-order valence-electron chi connectivity index (χ3n) is 4.38. The van der Waals surface area contributed by atoms with Gasteiger partial charge in [0.2, 0.25) is 0 Å². The smallest absolute Gasteiger partial charge is 0.251 e. The minimum atomic E-state index is -1.45. The quantitative estimate of drug-likeness (QED) is 0.902. The molecule has 2 heterocycles. The van der Waals surface area contributed by atoms with Crippen molar-refractivity contribution in [1.82, 2.24) is 4.98 Å². The van der Waals surface area contributed by atoms with Crippen LogP contribution in [0.3, 0.4) is 0 Å². The fourth-order valence-corrected chi connectivity index (χ4v) is 3.10. The lowest BCUT2D eigenvalue weighted by Gasteiger charge is -2.39. The van der Waals surface area contributed by atoms with Crippen molar-refractivity contribution in [2.24, 2.45) is 5.73 Å². The number of carbonyl (C=O) groups is 1. The Bertz CT molecular complexity index is 716. The molecule has 3 N–H and O–H groups in total. The summed E-state index contributed by atoms with van der Waals surface area (Å²) < 4.78 is 0. The maximum Gasteiger partial charge on any atom is 0.251 e. The zero-order valence-corrected chi connectivity index (χ0v) is 12.7. The molecule has 0 bridgehead atoms. The van der Waals surface area contributed by atoms with Gasteiger partial charge in [0.25, 0.3) is 5.91 Å². The van der Waals surface area contributed by atoms with Crippen LogP contribution in [0.5, 0.6) is 0 Å². The van der Waals surface area contributed by atoms with Gasteiger partial charge in [0, 0.05) is 23.3 Å². The molecule has 2 aromatic rings. The molecule has 1 unspecified atom stereocenters. The fraction of sp³-hybridized carbons (Fsp3) is 0.412. The summed E-state index contributed by atoms with van der Waals surface area (Å²) >= 11 is 0. The zero-order valence-electron chi connectivity index (χ0n) is 12.7. The van der Waals surface area contributed by atoms with Crippen LogP contribution in [0.4, 0.5) is 5.69 Å². The lowest BCUT2D eigenvalue weighted by molar-refractivity contribution is -0.137. The van der Waals surface area contributed by atoms with E-state index >= 15 is 0 Å². The van der Waals surface area contributed by atoms with Gasteiger partial charge >= 0.3 is 0 Å². The second-order valence-electron chi connectivity index (χ2n) is 5.92. The molecule has 116 valence electrons. The van der Waals surface area contributed by atoms with Crippen molar-refractivity contribution >= 4 is 22.5 Å². The molecular weight excluding hydrogens is 278 g/mol. The first-order valence-corrected chi connectivity index (χ1v) is 7.69. The van der Waals surface area contributed by atoms with Crippen molar-refractivity contribution in [3.8, 4) is 0 Å². The number of amides is 1. The van der Waals surface area contributed by atoms with Gasteiger partial charge in [-0.15, -0.1) is 0 Å². The van der Waals surface area contributed by atoms with Crippen molar-refractivity contribution in [2.45, 2.75) is 31.8 Å². The van der Waals surface area contributed by atoms with Gasteiger partial charge in [0.1, 0.15) is 0 Å². The van der Waals surface area contributed by atoms with E-state index in [4.69, 9.17) is 5.73 Å². The van der Waals surface area contributed by atoms with E-state index in [0.717, 1.165) is 41.7 Å². The van der Waals surface area contributed by atoms with Gasteiger partial charge in [-0.1, -0.05) is 25.1 Å². The summed E-state index contributed by atoms with van der Waals surface area (Å²) in [6.07, 6.45) is 1.99. The van der Waals surface area contributed by atoms with Crippen molar-refractivity contribution in [2.75, 3.05) is 18.0 Å². The average molecular weight is 299 g/mol. The highest BCUT2D eigenvalue weighted by Crippen LogP contribution is 2.31. The third-order valence-corrected chi connectivity index (χ3v) is 4.38. The minimum Gasteiger partial charge on any atom is -0.378 e. The van der Waals surface area contributed by atoms with Crippen molar-refractivity contribution in [3.05, 3.63) is 36.0 Å². The predicted molar refractivity (Wildman–Crippen MR) is 86.7 cm³/mol. The molecule has 1 saturated heterocycles. The number of nitrogens with two attached hydrogens (primary N) is 1. The fourth-order valence-electron chi connectivity index (χ4n) is 3.10. The second-order valence-corrected chi connectivity index (χ2v) is 5.92. The molecule has 3 rings (SSSR count). The Labute approximate surface area is 129 Å². The second kappa shape index (κ2) is 5.57. The number of rotatable bonds is 3. The van der Waals surface area contributed by atoms with E-state index in [0.29, 0.717) is 6.42 Å². The molecule has 22 heavy (non-hydrogen) atoms. The van der Waals surface area contributed by atoms with Gasteiger partial charge in [0.05, 0.1) is 12.1 Å². The molecule has 1 fully saturated rings. The summed E-state index contributed by atoms with van der Waals surface area (Å²) in [5.74, 6) is -0.647. The van der Waals surface area contributed by atoms with Gasteiger partial charge in [-0.05, 0) is 31.4 Å². The first kappa shape index (κ1) is 14.8. The number of aliphatic hydroxyl groups is 1. The molecule has 1 atom stereocenters. The molecule has 1 aromatic carbocycles. The van der Waals surface area contributed by atoms with Crippen LogP contribution in [0.1, 0.15) is 25.5 Å². The molecule has 0 radical (unpaired) electrons. The summed E-state index contributed by atoms with van der Waals surface area (Å²) in [6.45, 7) is 3.10. The molecular formula is C17H21N3O2. The number of hydrogen-bond donors (Lipinski definition) is 2. The molecule has 5 nitrogen and oxygen atoms in total.